The van der Waals surface area contributed by atoms with Crippen molar-refractivity contribution in [1.29, 1.82) is 0 Å². The predicted molar refractivity (Wildman–Crippen MR) is 102 cm³/mol. The number of nitrogens with zero attached hydrogens (tertiary/aromatic N) is 1. The van der Waals surface area contributed by atoms with Crippen molar-refractivity contribution in [3.05, 3.63) is 54.2 Å². The largest absolute Gasteiger partial charge is 0.459 e. The maximum Gasteiger partial charge on any atom is 0.287 e. The van der Waals surface area contributed by atoms with E-state index in [9.17, 15) is 22.4 Å². The molecule has 10 heteroatoms. The third-order valence-electron chi connectivity index (χ3n) is 4.73. The van der Waals surface area contributed by atoms with E-state index in [2.05, 4.69) is 10.6 Å². The molecular weight excluding hydrogens is 401 g/mol. The van der Waals surface area contributed by atoms with Crippen LogP contribution in [0.4, 0.5) is 4.39 Å². The highest BCUT2D eigenvalue weighted by Crippen LogP contribution is 2.25. The molecule has 2 N–H and O–H groups in total. The smallest absolute Gasteiger partial charge is 0.287 e. The predicted octanol–water partition coefficient (Wildman–Crippen LogP) is 1.37. The molecule has 0 saturated carbocycles. The number of sulfonamides is 1. The summed E-state index contributed by atoms with van der Waals surface area (Å²) in [5.74, 6) is -1.48. The first-order valence-electron chi connectivity index (χ1n) is 9.23. The molecule has 0 spiro atoms. The Kier molecular flexibility index (Phi) is 6.65. The molecular formula is C19H22FN3O5S. The zero-order valence-corrected chi connectivity index (χ0v) is 16.5. The van der Waals surface area contributed by atoms with Gasteiger partial charge < -0.3 is 15.1 Å². The van der Waals surface area contributed by atoms with Crippen LogP contribution in [0.2, 0.25) is 0 Å². The van der Waals surface area contributed by atoms with E-state index < -0.39 is 15.8 Å². The van der Waals surface area contributed by atoms with Crippen LogP contribution >= 0.6 is 0 Å². The summed E-state index contributed by atoms with van der Waals surface area (Å²) in [6.07, 6.45) is 2.09. The average Bonchev–Trinajstić information content (AvgIpc) is 3.26. The Bertz CT molecular complexity index is 954. The molecule has 156 valence electrons. The quantitative estimate of drug-likeness (QED) is 0.654. The number of benzene rings is 1. The summed E-state index contributed by atoms with van der Waals surface area (Å²) >= 11 is 0. The lowest BCUT2D eigenvalue weighted by Crippen LogP contribution is -2.44. The van der Waals surface area contributed by atoms with E-state index in [-0.39, 0.29) is 54.6 Å². The molecule has 0 radical (unpaired) electrons. The monoisotopic (exact) mass is 423 g/mol. The molecule has 0 unspecified atom stereocenters. The summed E-state index contributed by atoms with van der Waals surface area (Å²) in [5.41, 5.74) is 0. The van der Waals surface area contributed by atoms with Crippen molar-refractivity contribution in [1.82, 2.24) is 14.9 Å². The third kappa shape index (κ3) is 5.01. The van der Waals surface area contributed by atoms with Crippen LogP contribution < -0.4 is 10.6 Å². The van der Waals surface area contributed by atoms with Gasteiger partial charge in [0, 0.05) is 32.1 Å². The molecule has 2 amide bonds. The molecule has 29 heavy (non-hydrogen) atoms. The topological polar surface area (TPSA) is 109 Å². The van der Waals surface area contributed by atoms with E-state index in [1.54, 1.807) is 6.07 Å². The van der Waals surface area contributed by atoms with E-state index in [1.165, 1.54) is 34.8 Å². The SMILES string of the molecule is O=C(NCCNC(=O)C1CCN(S(=O)(=O)c2ccccc2F)CC1)c1ccco1. The lowest BCUT2D eigenvalue weighted by Gasteiger charge is -2.30. The standard InChI is InChI=1S/C19H22FN3O5S/c20-15-4-1-2-6-17(15)29(26,27)23-11-7-14(8-12-23)18(24)21-9-10-22-19(25)16-5-3-13-28-16/h1-6,13-14H,7-12H2,(H,21,24)(H,22,25). The number of hydrogen-bond donors (Lipinski definition) is 2. The summed E-state index contributed by atoms with van der Waals surface area (Å²) in [4.78, 5) is 23.6. The van der Waals surface area contributed by atoms with Crippen LogP contribution in [0.5, 0.6) is 0 Å². The van der Waals surface area contributed by atoms with Crippen molar-refractivity contribution in [3.63, 3.8) is 0 Å². The lowest BCUT2D eigenvalue weighted by atomic mass is 9.97. The maximum atomic E-state index is 13.9. The van der Waals surface area contributed by atoms with E-state index in [0.29, 0.717) is 12.8 Å². The molecule has 1 aromatic carbocycles. The highest BCUT2D eigenvalue weighted by Gasteiger charge is 2.33. The van der Waals surface area contributed by atoms with Gasteiger partial charge in [-0.05, 0) is 37.1 Å². The van der Waals surface area contributed by atoms with Gasteiger partial charge in [-0.3, -0.25) is 9.59 Å². The van der Waals surface area contributed by atoms with Gasteiger partial charge in [0.25, 0.3) is 5.91 Å². The Labute approximate surface area is 168 Å². The van der Waals surface area contributed by atoms with Crippen molar-refractivity contribution in [2.75, 3.05) is 26.2 Å². The van der Waals surface area contributed by atoms with Gasteiger partial charge in [-0.2, -0.15) is 4.31 Å². The summed E-state index contributed by atoms with van der Waals surface area (Å²) in [7, 11) is -3.92. The number of halogens is 1. The molecule has 8 nitrogen and oxygen atoms in total. The fraction of sp³-hybridized carbons (Fsp3) is 0.368. The minimum absolute atomic E-state index is 0.143. The van der Waals surface area contributed by atoms with Crippen LogP contribution in [0.3, 0.4) is 0 Å². The van der Waals surface area contributed by atoms with Gasteiger partial charge in [0.1, 0.15) is 10.7 Å². The van der Waals surface area contributed by atoms with Gasteiger partial charge in [-0.1, -0.05) is 12.1 Å². The number of furan rings is 1. The Morgan fingerprint density at radius 3 is 2.41 bits per heavy atom. The Morgan fingerprint density at radius 1 is 1.07 bits per heavy atom. The minimum Gasteiger partial charge on any atom is -0.459 e. The average molecular weight is 423 g/mol. The van der Waals surface area contributed by atoms with Crippen LogP contribution in [0.25, 0.3) is 0 Å². The van der Waals surface area contributed by atoms with Crippen molar-refractivity contribution in [2.24, 2.45) is 5.92 Å². The minimum atomic E-state index is -3.92. The van der Waals surface area contributed by atoms with E-state index >= 15 is 0 Å². The lowest BCUT2D eigenvalue weighted by molar-refractivity contribution is -0.126. The molecule has 0 atom stereocenters. The third-order valence-corrected chi connectivity index (χ3v) is 6.67. The molecule has 3 rings (SSSR count). The van der Waals surface area contributed by atoms with Crippen molar-refractivity contribution in [2.45, 2.75) is 17.7 Å². The molecule has 2 aromatic rings. The van der Waals surface area contributed by atoms with Crippen molar-refractivity contribution < 1.29 is 26.8 Å². The van der Waals surface area contributed by atoms with Crippen LogP contribution in [0.1, 0.15) is 23.4 Å². The van der Waals surface area contributed by atoms with E-state index in [0.717, 1.165) is 6.07 Å². The van der Waals surface area contributed by atoms with Crippen LogP contribution in [0.15, 0.2) is 52.0 Å². The molecule has 0 aliphatic carbocycles. The summed E-state index contributed by atoms with van der Waals surface area (Å²) in [6.45, 7) is 0.777. The van der Waals surface area contributed by atoms with Gasteiger partial charge in [0.05, 0.1) is 6.26 Å². The van der Waals surface area contributed by atoms with Gasteiger partial charge in [-0.25, -0.2) is 12.8 Å². The Morgan fingerprint density at radius 2 is 1.76 bits per heavy atom. The van der Waals surface area contributed by atoms with Gasteiger partial charge in [0.15, 0.2) is 5.76 Å². The van der Waals surface area contributed by atoms with Crippen molar-refractivity contribution >= 4 is 21.8 Å². The fourth-order valence-corrected chi connectivity index (χ4v) is 4.69. The normalized spacial score (nSPS) is 15.8. The summed E-state index contributed by atoms with van der Waals surface area (Å²) < 4.78 is 45.2. The molecule has 2 heterocycles. The number of amides is 2. The number of carbonyl (C=O) groups is 2. The first-order chi connectivity index (χ1) is 13.9. The number of carbonyl (C=O) groups excluding carboxylic acids is 2. The molecule has 1 aliphatic rings. The fourth-order valence-electron chi connectivity index (χ4n) is 3.15. The molecule has 1 aromatic heterocycles. The van der Waals surface area contributed by atoms with Gasteiger partial charge in [0.2, 0.25) is 15.9 Å². The Hall–Kier alpha value is -2.72. The highest BCUT2D eigenvalue weighted by molar-refractivity contribution is 7.89. The molecule has 1 aliphatic heterocycles. The molecule has 1 fully saturated rings. The van der Waals surface area contributed by atoms with E-state index in [4.69, 9.17) is 4.42 Å². The van der Waals surface area contributed by atoms with Gasteiger partial charge >= 0.3 is 0 Å². The number of hydrogen-bond acceptors (Lipinski definition) is 5. The highest BCUT2D eigenvalue weighted by atomic mass is 32.2. The Balaban J connectivity index is 1.43. The molecule has 0 bridgehead atoms. The van der Waals surface area contributed by atoms with Crippen molar-refractivity contribution in [3.8, 4) is 0 Å². The van der Waals surface area contributed by atoms with E-state index in [1.807, 2.05) is 0 Å². The zero-order chi connectivity index (χ0) is 20.9. The van der Waals surface area contributed by atoms with Crippen LogP contribution in [-0.4, -0.2) is 50.7 Å². The van der Waals surface area contributed by atoms with Gasteiger partial charge in [-0.15, -0.1) is 0 Å². The first-order valence-corrected chi connectivity index (χ1v) is 10.7. The number of nitrogens with one attached hydrogen (secondary N) is 2. The number of rotatable bonds is 7. The summed E-state index contributed by atoms with van der Waals surface area (Å²) in [5, 5.41) is 5.36. The number of piperidine rings is 1. The van der Waals surface area contributed by atoms with Crippen LogP contribution in [0, 0.1) is 11.7 Å². The zero-order valence-electron chi connectivity index (χ0n) is 15.6. The molecule has 1 saturated heterocycles. The second-order valence-corrected chi connectivity index (χ2v) is 8.54. The van der Waals surface area contributed by atoms with Crippen LogP contribution in [-0.2, 0) is 14.8 Å². The first kappa shape index (κ1) is 21.0. The second kappa shape index (κ2) is 9.19. The maximum absolute atomic E-state index is 13.9. The second-order valence-electron chi connectivity index (χ2n) is 6.63. The summed E-state index contributed by atoms with van der Waals surface area (Å²) in [6, 6.07) is 8.40.